The molecule has 1 amide bonds. The highest BCUT2D eigenvalue weighted by atomic mass is 35.5. The topological polar surface area (TPSA) is 89.9 Å². The maximum absolute atomic E-state index is 12.2. The van der Waals surface area contributed by atoms with Crippen molar-refractivity contribution in [3.8, 4) is 5.75 Å². The summed E-state index contributed by atoms with van der Waals surface area (Å²) in [4.78, 5) is 16.3. The van der Waals surface area contributed by atoms with Crippen LogP contribution in [0.15, 0.2) is 24.3 Å². The van der Waals surface area contributed by atoms with E-state index in [2.05, 4.69) is 10.2 Å². The Morgan fingerprint density at radius 2 is 1.88 bits per heavy atom. The highest BCUT2D eigenvalue weighted by molar-refractivity contribution is 7.91. The zero-order chi connectivity index (χ0) is 18.0. The number of piperazine rings is 1. The van der Waals surface area contributed by atoms with E-state index in [1.54, 1.807) is 12.1 Å². The van der Waals surface area contributed by atoms with Gasteiger partial charge in [0.2, 0.25) is 5.91 Å². The summed E-state index contributed by atoms with van der Waals surface area (Å²) in [6.45, 7) is 3.01. The van der Waals surface area contributed by atoms with Gasteiger partial charge in [-0.15, -0.1) is 11.6 Å². The molecule has 2 atom stereocenters. The second-order valence-electron chi connectivity index (χ2n) is 6.52. The summed E-state index contributed by atoms with van der Waals surface area (Å²) in [6, 6.07) is 6.69. The first kappa shape index (κ1) is 18.3. The Morgan fingerprint density at radius 1 is 1.20 bits per heavy atom. The number of nitrogens with zero attached hydrogens (tertiary/aromatic N) is 2. The molecule has 3 rings (SSSR count). The third kappa shape index (κ3) is 4.56. The van der Waals surface area contributed by atoms with Crippen molar-refractivity contribution in [3.63, 3.8) is 0 Å². The number of aromatic hydroxyl groups is 1. The first-order valence-electron chi connectivity index (χ1n) is 8.23. The van der Waals surface area contributed by atoms with Crippen LogP contribution in [0.3, 0.4) is 0 Å². The summed E-state index contributed by atoms with van der Waals surface area (Å²) in [5.74, 6) is -0.125. The van der Waals surface area contributed by atoms with Crippen molar-refractivity contribution >= 4 is 33.0 Å². The minimum Gasteiger partial charge on any atom is -0.506 e. The smallest absolute Gasteiger partial charge is 0.234 e. The molecule has 0 radical (unpaired) electrons. The fourth-order valence-corrected chi connectivity index (χ4v) is 5.82. The molecule has 2 heterocycles. The van der Waals surface area contributed by atoms with Crippen molar-refractivity contribution in [3.05, 3.63) is 24.3 Å². The maximum Gasteiger partial charge on any atom is 0.234 e. The molecule has 2 aliphatic rings. The number of phenols is 1. The molecule has 9 heteroatoms. The lowest BCUT2D eigenvalue weighted by Gasteiger charge is -2.36. The molecule has 2 N–H and O–H groups in total. The number of carbonyl (C=O) groups is 1. The average Bonchev–Trinajstić information content (AvgIpc) is 2.80. The summed E-state index contributed by atoms with van der Waals surface area (Å²) >= 11 is 6.01. The fourth-order valence-electron chi connectivity index (χ4n) is 3.27. The van der Waals surface area contributed by atoms with Crippen molar-refractivity contribution in [1.29, 1.82) is 0 Å². The number of phenolic OH excluding ortho intramolecular Hbond substituents is 1. The number of hydrogen-bond donors (Lipinski definition) is 2. The van der Waals surface area contributed by atoms with Crippen LogP contribution in [0, 0.1) is 0 Å². The minimum absolute atomic E-state index is 0.0846. The van der Waals surface area contributed by atoms with Crippen molar-refractivity contribution in [1.82, 2.24) is 10.2 Å². The SMILES string of the molecule is O=C(CN1CCN(c2ccccc2O)CC1)N[C@H]1CS(=O)(=O)C[C@@H]1Cl. The predicted molar refractivity (Wildman–Crippen MR) is 97.0 cm³/mol. The zero-order valence-corrected chi connectivity index (χ0v) is 15.3. The number of anilines is 1. The van der Waals surface area contributed by atoms with E-state index in [0.29, 0.717) is 26.2 Å². The van der Waals surface area contributed by atoms with Gasteiger partial charge >= 0.3 is 0 Å². The van der Waals surface area contributed by atoms with Gasteiger partial charge in [-0.2, -0.15) is 0 Å². The van der Waals surface area contributed by atoms with Crippen LogP contribution in [0.5, 0.6) is 5.75 Å². The molecule has 1 aromatic carbocycles. The molecule has 0 aromatic heterocycles. The molecule has 2 fully saturated rings. The largest absolute Gasteiger partial charge is 0.506 e. The molecule has 2 aliphatic heterocycles. The number of halogens is 1. The first-order chi connectivity index (χ1) is 11.8. The van der Waals surface area contributed by atoms with Crippen LogP contribution in [0.2, 0.25) is 0 Å². The molecule has 138 valence electrons. The highest BCUT2D eigenvalue weighted by Crippen LogP contribution is 2.27. The van der Waals surface area contributed by atoms with Crippen LogP contribution in [0.4, 0.5) is 5.69 Å². The van der Waals surface area contributed by atoms with E-state index in [1.807, 2.05) is 17.0 Å². The van der Waals surface area contributed by atoms with Crippen molar-refractivity contribution < 1.29 is 18.3 Å². The monoisotopic (exact) mass is 387 g/mol. The standard InChI is InChI=1S/C16H22ClN3O4S/c17-12-10-25(23,24)11-13(12)18-16(22)9-19-5-7-20(8-6-19)14-3-1-2-4-15(14)21/h1-4,12-13,21H,5-11H2,(H,18,22)/t12-,13-/m0/s1. The lowest BCUT2D eigenvalue weighted by atomic mass is 10.2. The van der Waals surface area contributed by atoms with Crippen LogP contribution < -0.4 is 10.2 Å². The van der Waals surface area contributed by atoms with Crippen molar-refractivity contribution in [2.75, 3.05) is 49.1 Å². The van der Waals surface area contributed by atoms with E-state index in [4.69, 9.17) is 11.6 Å². The molecule has 0 unspecified atom stereocenters. The maximum atomic E-state index is 12.2. The third-order valence-electron chi connectivity index (χ3n) is 4.59. The van der Waals surface area contributed by atoms with Crippen LogP contribution in [-0.2, 0) is 14.6 Å². The average molecular weight is 388 g/mol. The number of carbonyl (C=O) groups excluding carboxylic acids is 1. The number of nitrogens with one attached hydrogen (secondary N) is 1. The molecular weight excluding hydrogens is 366 g/mol. The molecular formula is C16H22ClN3O4S. The Kier molecular flexibility index (Phi) is 5.41. The Bertz CT molecular complexity index is 735. The minimum atomic E-state index is -3.16. The lowest BCUT2D eigenvalue weighted by molar-refractivity contribution is -0.122. The Labute approximate surface area is 152 Å². The van der Waals surface area contributed by atoms with Gasteiger partial charge in [0.1, 0.15) is 5.75 Å². The second kappa shape index (κ2) is 7.39. The number of hydrogen-bond acceptors (Lipinski definition) is 6. The highest BCUT2D eigenvalue weighted by Gasteiger charge is 2.37. The summed E-state index contributed by atoms with van der Waals surface area (Å²) in [7, 11) is -3.16. The number of amides is 1. The van der Waals surface area contributed by atoms with Gasteiger partial charge in [0.15, 0.2) is 9.84 Å². The van der Waals surface area contributed by atoms with Gasteiger partial charge < -0.3 is 15.3 Å². The molecule has 7 nitrogen and oxygen atoms in total. The van der Waals surface area contributed by atoms with Crippen molar-refractivity contribution in [2.24, 2.45) is 0 Å². The zero-order valence-electron chi connectivity index (χ0n) is 13.8. The van der Waals surface area contributed by atoms with Crippen molar-refractivity contribution in [2.45, 2.75) is 11.4 Å². The molecule has 2 saturated heterocycles. The molecule has 0 aliphatic carbocycles. The summed E-state index contributed by atoms with van der Waals surface area (Å²) in [5.41, 5.74) is 0.799. The number of sulfone groups is 1. The molecule has 0 spiro atoms. The number of rotatable bonds is 4. The summed E-state index contributed by atoms with van der Waals surface area (Å²) in [5, 5.41) is 12.1. The second-order valence-corrected chi connectivity index (χ2v) is 9.23. The van der Waals surface area contributed by atoms with E-state index in [9.17, 15) is 18.3 Å². The third-order valence-corrected chi connectivity index (χ3v) is 6.97. The van der Waals surface area contributed by atoms with Gasteiger partial charge in [-0.1, -0.05) is 12.1 Å². The van der Waals surface area contributed by atoms with Gasteiger partial charge in [-0.3, -0.25) is 9.69 Å². The Morgan fingerprint density at radius 3 is 2.48 bits per heavy atom. The van der Waals surface area contributed by atoms with E-state index < -0.39 is 21.3 Å². The number of para-hydroxylation sites is 2. The van der Waals surface area contributed by atoms with Crippen LogP contribution in [-0.4, -0.2) is 80.0 Å². The molecule has 0 saturated carbocycles. The molecule has 0 bridgehead atoms. The Hall–Kier alpha value is -1.51. The van der Waals surface area contributed by atoms with Crippen LogP contribution in [0.25, 0.3) is 0 Å². The van der Waals surface area contributed by atoms with Crippen LogP contribution in [0.1, 0.15) is 0 Å². The Balaban J connectivity index is 1.48. The van der Waals surface area contributed by atoms with E-state index in [-0.39, 0.29) is 29.7 Å². The normalized spacial score (nSPS) is 26.5. The number of benzene rings is 1. The van der Waals surface area contributed by atoms with Crippen LogP contribution >= 0.6 is 11.6 Å². The summed E-state index contributed by atoms with van der Waals surface area (Å²) in [6.07, 6.45) is 0. The lowest BCUT2D eigenvalue weighted by Crippen LogP contribution is -2.51. The van der Waals surface area contributed by atoms with E-state index >= 15 is 0 Å². The fraction of sp³-hybridized carbons (Fsp3) is 0.562. The van der Waals surface area contributed by atoms with Gasteiger partial charge in [0.25, 0.3) is 0 Å². The quantitative estimate of drug-likeness (QED) is 0.709. The molecule has 25 heavy (non-hydrogen) atoms. The molecule has 1 aromatic rings. The van der Waals surface area contributed by atoms with E-state index in [1.165, 1.54) is 0 Å². The van der Waals surface area contributed by atoms with Gasteiger partial charge in [0.05, 0.1) is 35.2 Å². The van der Waals surface area contributed by atoms with Gasteiger partial charge in [-0.05, 0) is 12.1 Å². The van der Waals surface area contributed by atoms with E-state index in [0.717, 1.165) is 5.69 Å². The number of alkyl halides is 1. The first-order valence-corrected chi connectivity index (χ1v) is 10.5. The predicted octanol–water partition coefficient (Wildman–Crippen LogP) is 0.0348. The summed E-state index contributed by atoms with van der Waals surface area (Å²) < 4.78 is 23.1. The van der Waals surface area contributed by atoms with Gasteiger partial charge in [-0.25, -0.2) is 8.42 Å². The van der Waals surface area contributed by atoms with Gasteiger partial charge in [0, 0.05) is 26.2 Å².